The molecule has 1 atom stereocenters. The molecular formula is C23H20N8O2. The van der Waals surface area contributed by atoms with E-state index in [1.165, 1.54) is 6.33 Å². The van der Waals surface area contributed by atoms with Gasteiger partial charge in [0, 0.05) is 18.9 Å². The first-order valence-corrected chi connectivity index (χ1v) is 10.7. The number of carbonyl (C=O) groups is 1. The zero-order valence-electron chi connectivity index (χ0n) is 17.5. The first-order chi connectivity index (χ1) is 16.1. The van der Waals surface area contributed by atoms with E-state index in [9.17, 15) is 9.59 Å². The van der Waals surface area contributed by atoms with Gasteiger partial charge in [0.25, 0.3) is 11.5 Å². The van der Waals surface area contributed by atoms with E-state index in [0.717, 1.165) is 18.5 Å². The maximum absolute atomic E-state index is 13.5. The van der Waals surface area contributed by atoms with Crippen LogP contribution in [0.3, 0.4) is 0 Å². The van der Waals surface area contributed by atoms with Crippen molar-refractivity contribution in [1.29, 1.82) is 0 Å². The second kappa shape index (κ2) is 7.30. The molecule has 1 unspecified atom stereocenters. The smallest absolute Gasteiger partial charge is 0.282 e. The molecule has 10 nitrogen and oxygen atoms in total. The van der Waals surface area contributed by atoms with Crippen molar-refractivity contribution >= 4 is 28.3 Å². The van der Waals surface area contributed by atoms with Gasteiger partial charge in [0.2, 0.25) is 0 Å². The number of anilines is 1. The van der Waals surface area contributed by atoms with Gasteiger partial charge in [-0.2, -0.15) is 5.10 Å². The molecule has 164 valence electrons. The summed E-state index contributed by atoms with van der Waals surface area (Å²) in [7, 11) is 0. The van der Waals surface area contributed by atoms with E-state index in [4.69, 9.17) is 10.8 Å². The highest BCUT2D eigenvalue weighted by Crippen LogP contribution is 2.38. The van der Waals surface area contributed by atoms with Gasteiger partial charge >= 0.3 is 0 Å². The number of carbonyl (C=O) groups excluding carboxylic acids is 1. The molecule has 1 fully saturated rings. The minimum Gasteiger partial charge on any atom is -0.366 e. The molecule has 33 heavy (non-hydrogen) atoms. The Morgan fingerprint density at radius 2 is 1.97 bits per heavy atom. The normalized spacial score (nSPS) is 16.1. The second-order valence-corrected chi connectivity index (χ2v) is 8.01. The van der Waals surface area contributed by atoms with Gasteiger partial charge < -0.3 is 15.6 Å². The van der Waals surface area contributed by atoms with Crippen molar-refractivity contribution in [3.05, 3.63) is 82.9 Å². The van der Waals surface area contributed by atoms with Crippen molar-refractivity contribution in [2.24, 2.45) is 5.73 Å². The lowest BCUT2D eigenvalue weighted by Crippen LogP contribution is -2.33. The molecular weight excluding hydrogens is 420 g/mol. The summed E-state index contributed by atoms with van der Waals surface area (Å²) < 4.78 is 3.29. The predicted octanol–water partition coefficient (Wildman–Crippen LogP) is 2.20. The van der Waals surface area contributed by atoms with Crippen LogP contribution in [-0.4, -0.2) is 41.6 Å². The summed E-state index contributed by atoms with van der Waals surface area (Å²) in [5, 5.41) is 5.43. The molecule has 0 saturated carbocycles. The Morgan fingerprint density at radius 1 is 1.12 bits per heavy atom. The molecule has 4 aromatic heterocycles. The Hall–Kier alpha value is -4.47. The van der Waals surface area contributed by atoms with Gasteiger partial charge in [0.05, 0.1) is 22.7 Å². The Morgan fingerprint density at radius 3 is 2.79 bits per heavy atom. The van der Waals surface area contributed by atoms with Crippen molar-refractivity contribution < 1.29 is 4.79 Å². The highest BCUT2D eigenvalue weighted by molar-refractivity contribution is 6.09. The number of hydrogen-bond acceptors (Lipinski definition) is 6. The van der Waals surface area contributed by atoms with Gasteiger partial charge in [-0.15, -0.1) is 0 Å². The summed E-state index contributed by atoms with van der Waals surface area (Å²) in [6.45, 7) is 0.689. The number of H-pyrrole nitrogens is 1. The Labute approximate surface area is 187 Å². The number of nitrogens with two attached hydrogens (primary N) is 1. The summed E-state index contributed by atoms with van der Waals surface area (Å²) >= 11 is 0. The third kappa shape index (κ3) is 2.91. The van der Waals surface area contributed by atoms with Crippen LogP contribution in [0.25, 0.3) is 22.2 Å². The fraction of sp³-hybridized carbons (Fsp3) is 0.174. The lowest BCUT2D eigenvalue weighted by molar-refractivity contribution is 0.100. The number of primary amides is 1. The van der Waals surface area contributed by atoms with Crippen molar-refractivity contribution in [1.82, 2.24) is 29.1 Å². The quantitative estimate of drug-likeness (QED) is 0.441. The zero-order chi connectivity index (χ0) is 22.5. The molecule has 6 rings (SSSR count). The number of nitrogens with zero attached hydrogens (tertiary/aromatic N) is 6. The van der Waals surface area contributed by atoms with Gasteiger partial charge in [-0.1, -0.05) is 18.2 Å². The maximum atomic E-state index is 13.5. The van der Waals surface area contributed by atoms with Crippen LogP contribution in [0.4, 0.5) is 5.82 Å². The van der Waals surface area contributed by atoms with Gasteiger partial charge in [0.15, 0.2) is 5.82 Å². The van der Waals surface area contributed by atoms with Crippen LogP contribution in [0.15, 0.2) is 66.0 Å². The highest BCUT2D eigenvalue weighted by atomic mass is 16.1. The van der Waals surface area contributed by atoms with Crippen LogP contribution in [0, 0.1) is 0 Å². The molecule has 0 spiro atoms. The molecule has 10 heteroatoms. The summed E-state index contributed by atoms with van der Waals surface area (Å²) in [6, 6.07) is 12.8. The summed E-state index contributed by atoms with van der Waals surface area (Å²) in [4.78, 5) is 39.4. The van der Waals surface area contributed by atoms with Crippen molar-refractivity contribution in [2.75, 3.05) is 11.4 Å². The van der Waals surface area contributed by atoms with Crippen LogP contribution in [-0.2, 0) is 0 Å². The molecule has 0 aliphatic carbocycles. The van der Waals surface area contributed by atoms with Crippen LogP contribution in [0.2, 0.25) is 0 Å². The van der Waals surface area contributed by atoms with Crippen LogP contribution < -0.4 is 16.2 Å². The standard InChI is InChI=1S/C23H20N8O2/c24-19(32)15-12-25-20-18(15)22(27-13-26-20)29-10-4-8-16(29)21-28-30-11-5-9-17(30)23(33)31(21)14-6-2-1-3-7-14/h1-3,5-7,9,11-13,16H,4,8,10H2,(H2,24,32)(H,25,26,27). The summed E-state index contributed by atoms with van der Waals surface area (Å²) in [5.41, 5.74) is 7.58. The van der Waals surface area contributed by atoms with E-state index in [1.807, 2.05) is 36.4 Å². The zero-order valence-corrected chi connectivity index (χ0v) is 17.5. The second-order valence-electron chi connectivity index (χ2n) is 8.01. The van der Waals surface area contributed by atoms with Crippen molar-refractivity contribution in [3.63, 3.8) is 0 Å². The van der Waals surface area contributed by atoms with E-state index in [2.05, 4.69) is 19.9 Å². The monoisotopic (exact) mass is 440 g/mol. The average molecular weight is 440 g/mol. The highest BCUT2D eigenvalue weighted by Gasteiger charge is 2.34. The lowest BCUT2D eigenvalue weighted by atomic mass is 10.1. The van der Waals surface area contributed by atoms with Gasteiger partial charge in [-0.3, -0.25) is 14.2 Å². The topological polar surface area (TPSA) is 127 Å². The van der Waals surface area contributed by atoms with Crippen LogP contribution in [0.5, 0.6) is 0 Å². The molecule has 5 heterocycles. The third-order valence-corrected chi connectivity index (χ3v) is 6.14. The number of fused-ring (bicyclic) bond motifs is 2. The molecule has 3 N–H and O–H groups in total. The lowest BCUT2D eigenvalue weighted by Gasteiger charge is -2.27. The van der Waals surface area contributed by atoms with E-state index >= 15 is 0 Å². The van der Waals surface area contributed by atoms with Gasteiger partial charge in [0.1, 0.15) is 23.3 Å². The largest absolute Gasteiger partial charge is 0.366 e. The number of amides is 1. The van der Waals surface area contributed by atoms with E-state index < -0.39 is 5.91 Å². The molecule has 0 radical (unpaired) electrons. The Kier molecular flexibility index (Phi) is 4.25. The number of hydrogen-bond donors (Lipinski definition) is 2. The van der Waals surface area contributed by atoms with Crippen molar-refractivity contribution in [3.8, 4) is 5.69 Å². The first-order valence-electron chi connectivity index (χ1n) is 10.7. The molecule has 1 aliphatic rings. The van der Waals surface area contributed by atoms with Gasteiger partial charge in [-0.05, 0) is 37.1 Å². The summed E-state index contributed by atoms with van der Waals surface area (Å²) in [5.74, 6) is 0.649. The van der Waals surface area contributed by atoms with E-state index in [-0.39, 0.29) is 11.6 Å². The van der Waals surface area contributed by atoms with Gasteiger partial charge in [-0.25, -0.2) is 14.5 Å². The van der Waals surface area contributed by atoms with Crippen LogP contribution >= 0.6 is 0 Å². The number of benzene rings is 1. The van der Waals surface area contributed by atoms with E-state index in [1.54, 1.807) is 27.5 Å². The molecule has 1 aliphatic heterocycles. The number of nitrogens with one attached hydrogen (secondary N) is 1. The molecule has 0 bridgehead atoms. The average Bonchev–Trinajstić information content (AvgIpc) is 3.58. The maximum Gasteiger partial charge on any atom is 0.282 e. The number of para-hydroxylation sites is 1. The Bertz CT molecular complexity index is 1570. The first kappa shape index (κ1) is 19.2. The molecule has 1 aromatic carbocycles. The number of aromatic amines is 1. The van der Waals surface area contributed by atoms with E-state index in [0.29, 0.717) is 40.3 Å². The SMILES string of the molecule is NC(=O)c1c[nH]c2ncnc(N3CCCC3c3nn4cccc4c(=O)n3-c3ccccc3)c12. The van der Waals surface area contributed by atoms with Crippen LogP contribution in [0.1, 0.15) is 35.1 Å². The molecule has 5 aromatic rings. The fourth-order valence-electron chi connectivity index (χ4n) is 4.69. The Balaban J connectivity index is 1.59. The minimum absolute atomic E-state index is 0.143. The molecule has 1 amide bonds. The minimum atomic E-state index is -0.555. The molecule has 1 saturated heterocycles. The predicted molar refractivity (Wildman–Crippen MR) is 123 cm³/mol. The fourth-order valence-corrected chi connectivity index (χ4v) is 4.69. The third-order valence-electron chi connectivity index (χ3n) is 6.14. The number of aromatic nitrogens is 6. The summed E-state index contributed by atoms with van der Waals surface area (Å²) in [6.07, 6.45) is 6.44. The number of rotatable bonds is 4. The van der Waals surface area contributed by atoms with Crippen molar-refractivity contribution in [2.45, 2.75) is 18.9 Å².